The number of rotatable bonds is 31. The van der Waals surface area contributed by atoms with Gasteiger partial charge in [0.2, 0.25) is 41.7 Å². The highest BCUT2D eigenvalue weighted by Gasteiger charge is 2.47. The van der Waals surface area contributed by atoms with E-state index in [0.717, 1.165) is 37.9 Å². The molecule has 11 atom stereocenters. The second-order valence-corrected chi connectivity index (χ2v) is 28.0. The standard InChI is InChI=1S/C67H89Cl2N11O17S2/c1-33(2)55(76-62(89)41(73-36(5)82)12-8-9-20-70)63(90)75-42(13-11-21-72-65(71)91)61(88)74-39-18-16-37(17-19-39)24-43-40(28-69)54-45(26-47(60-52(54)35(4)32-99-60)97-67(94)78(7)23-22-77(6)66(92)93)80(43)50(84)15-10-14-49(83)79-29-38(27-68)53-44(79)25-46(59-51(53)34(3)31-98-59)95-64-58(87)57(86)56(85)48(30-81)96-64/h16-19,25-26,31-33,38,40-43,48,55-58,64,81,85-87H,8-15,20-24,27-30,70H2,1-7H3,(H,73,82)(H,74,88)(H,75,90)(H,76,89)(H,92,93)(H3,71,72,91)/t38-,40-,41+,42+,43?,48-,55+,56+,57+,58-,64-/m1/s1. The molecule has 1 fully saturated rings. The predicted molar refractivity (Wildman–Crippen MR) is 376 cm³/mol. The minimum Gasteiger partial charge on any atom is -0.465 e. The summed E-state index contributed by atoms with van der Waals surface area (Å²) in [6.45, 7) is 8.49. The highest BCUT2D eigenvalue weighted by Crippen LogP contribution is 2.53. The number of thiophene rings is 2. The number of halogens is 2. The van der Waals surface area contributed by atoms with Crippen molar-refractivity contribution in [3.63, 3.8) is 0 Å². The number of carbonyl (C=O) groups excluding carboxylic acids is 8. The molecule has 99 heavy (non-hydrogen) atoms. The number of nitrogens with one attached hydrogen (secondary N) is 5. The molecular formula is C67H89Cl2N11O17S2. The zero-order valence-corrected chi connectivity index (χ0v) is 59.4. The molecule has 5 heterocycles. The summed E-state index contributed by atoms with van der Waals surface area (Å²) < 4.78 is 19.3. The highest BCUT2D eigenvalue weighted by atomic mass is 35.5. The van der Waals surface area contributed by atoms with Crippen LogP contribution < -0.4 is 57.3 Å². The molecule has 8 rings (SSSR count). The third-order valence-corrected chi connectivity index (χ3v) is 21.0. The Labute approximate surface area is 590 Å². The number of carboxylic acid groups (broad SMARTS) is 1. The van der Waals surface area contributed by atoms with E-state index in [2.05, 4.69) is 26.6 Å². The van der Waals surface area contributed by atoms with Crippen LogP contribution in [0.15, 0.2) is 47.2 Å². The van der Waals surface area contributed by atoms with Crippen LogP contribution in [-0.4, -0.2) is 209 Å². The van der Waals surface area contributed by atoms with Crippen LogP contribution in [0.5, 0.6) is 11.5 Å². The molecular weight excluding hydrogens is 1370 g/mol. The van der Waals surface area contributed by atoms with Crippen molar-refractivity contribution in [2.24, 2.45) is 17.4 Å². The number of alkyl halides is 2. The van der Waals surface area contributed by atoms with Gasteiger partial charge in [-0.25, -0.2) is 14.4 Å². The molecule has 2 aromatic heterocycles. The van der Waals surface area contributed by atoms with Gasteiger partial charge in [0.15, 0.2) is 5.75 Å². The van der Waals surface area contributed by atoms with Crippen LogP contribution in [0.3, 0.4) is 0 Å². The van der Waals surface area contributed by atoms with Crippen LogP contribution in [0.25, 0.3) is 20.2 Å². The van der Waals surface area contributed by atoms with Crippen molar-refractivity contribution in [2.45, 2.75) is 159 Å². The number of carbonyl (C=O) groups is 9. The lowest BCUT2D eigenvalue weighted by Crippen LogP contribution is -2.60. The highest BCUT2D eigenvalue weighted by molar-refractivity contribution is 7.18. The van der Waals surface area contributed by atoms with Crippen LogP contribution in [0, 0.1) is 19.8 Å². The molecule has 28 nitrogen and oxygen atoms in total. The van der Waals surface area contributed by atoms with Crippen LogP contribution in [0.1, 0.15) is 112 Å². The van der Waals surface area contributed by atoms with Crippen molar-refractivity contribution < 1.29 is 82.9 Å². The van der Waals surface area contributed by atoms with Crippen molar-refractivity contribution >= 4 is 137 Å². The molecule has 1 saturated heterocycles. The smallest absolute Gasteiger partial charge is 0.415 e. The van der Waals surface area contributed by atoms with Gasteiger partial charge in [0.05, 0.1) is 27.4 Å². The number of aliphatic hydroxyl groups excluding tert-OH is 4. The number of fused-ring (bicyclic) bond motifs is 6. The maximum Gasteiger partial charge on any atom is 0.415 e. The summed E-state index contributed by atoms with van der Waals surface area (Å²) in [5, 5.41) is 70.3. The minimum atomic E-state index is -1.71. The lowest BCUT2D eigenvalue weighted by Gasteiger charge is -2.39. The second kappa shape index (κ2) is 34.6. The first-order valence-electron chi connectivity index (χ1n) is 32.8. The molecule has 1 unspecified atom stereocenters. The minimum absolute atomic E-state index is 0.00101. The maximum absolute atomic E-state index is 15.4. The Hall–Kier alpha value is -7.65. The van der Waals surface area contributed by atoms with Gasteiger partial charge in [0.1, 0.15) is 48.3 Å². The van der Waals surface area contributed by atoms with Crippen molar-refractivity contribution in [3.05, 3.63) is 75.0 Å². The number of primary amides is 1. The maximum atomic E-state index is 15.4. The van der Waals surface area contributed by atoms with E-state index >= 15 is 4.79 Å². The van der Waals surface area contributed by atoms with Gasteiger partial charge in [-0.1, -0.05) is 26.0 Å². The number of amides is 10. The molecule has 3 aliphatic rings. The van der Waals surface area contributed by atoms with E-state index < -0.39 is 115 Å². The predicted octanol–water partition coefficient (Wildman–Crippen LogP) is 5.42. The normalized spacial score (nSPS) is 20.4. The Morgan fingerprint density at radius 3 is 2.00 bits per heavy atom. The topological polar surface area (TPSA) is 408 Å². The SMILES string of the molecule is CC(=O)N[C@@H](CCCCN)C(=O)N[C@H](C(=O)N[C@@H](CCCNC(N)=O)C(=O)Nc1ccc(CC2[C@@H](CCl)c3c(cc(OC(=O)N(C)CCN(C)C(=O)O)c4scc(C)c34)N2C(=O)CCCC(=O)N2C[C@@H](CCl)c3c2cc(O[C@@H]2O[C@H](CO)[C@H](O)[C@H](O)[C@H]2O)c2scc(C)c32)cc1)C(C)C. The van der Waals surface area contributed by atoms with Gasteiger partial charge in [-0.3, -0.25) is 28.8 Å². The Morgan fingerprint density at radius 2 is 1.38 bits per heavy atom. The largest absolute Gasteiger partial charge is 0.465 e. The monoisotopic (exact) mass is 1450 g/mol. The molecule has 0 radical (unpaired) electrons. The molecule has 0 spiro atoms. The quantitative estimate of drug-likeness (QED) is 0.0195. The molecule has 540 valence electrons. The fourth-order valence-electron chi connectivity index (χ4n) is 12.8. The molecule has 0 bridgehead atoms. The van der Waals surface area contributed by atoms with E-state index in [9.17, 15) is 63.9 Å². The van der Waals surface area contributed by atoms with E-state index in [1.165, 1.54) is 48.6 Å². The number of anilines is 3. The number of unbranched alkanes of at least 4 members (excludes halogenated alkanes) is 1. The van der Waals surface area contributed by atoms with E-state index in [1.54, 1.807) is 60.0 Å². The summed E-state index contributed by atoms with van der Waals surface area (Å²) in [5.41, 5.74) is 16.1. The summed E-state index contributed by atoms with van der Waals surface area (Å²) >= 11 is 16.4. The number of aliphatic hydroxyl groups is 4. The van der Waals surface area contributed by atoms with Crippen LogP contribution in [0.4, 0.5) is 31.4 Å². The summed E-state index contributed by atoms with van der Waals surface area (Å²) in [6.07, 6.45) is -8.10. The number of urea groups is 1. The zero-order valence-electron chi connectivity index (χ0n) is 56.2. The number of likely N-dealkylation sites (N-methyl/N-ethyl adjacent to an activating group) is 2. The number of benzene rings is 3. The molecule has 0 aliphatic carbocycles. The van der Waals surface area contributed by atoms with Gasteiger partial charge >= 0.3 is 18.2 Å². The van der Waals surface area contributed by atoms with E-state index in [0.29, 0.717) is 51.4 Å². The first-order chi connectivity index (χ1) is 47.1. The second-order valence-electron chi connectivity index (χ2n) is 25.6. The van der Waals surface area contributed by atoms with Gasteiger partial charge in [0, 0.05) is 118 Å². The van der Waals surface area contributed by atoms with Crippen LogP contribution in [-0.2, 0) is 39.9 Å². The zero-order chi connectivity index (χ0) is 72.3. The van der Waals surface area contributed by atoms with Crippen molar-refractivity contribution in [3.8, 4) is 11.5 Å². The number of nitrogens with zero attached hydrogens (tertiary/aromatic N) is 4. The number of hydrogen-bond donors (Lipinski definition) is 12. The average molecular weight is 1460 g/mol. The first-order valence-corrected chi connectivity index (χ1v) is 35.6. The number of ether oxygens (including phenoxy) is 3. The van der Waals surface area contributed by atoms with Crippen molar-refractivity contribution in [1.82, 2.24) is 31.1 Å². The average Bonchev–Trinajstić information content (AvgIpc) is 1.58. The lowest BCUT2D eigenvalue weighted by atomic mass is 9.89. The summed E-state index contributed by atoms with van der Waals surface area (Å²) in [5.74, 6) is -3.81. The van der Waals surface area contributed by atoms with Crippen molar-refractivity contribution in [2.75, 3.05) is 80.3 Å². The fourth-order valence-corrected chi connectivity index (χ4v) is 15.4. The molecule has 3 aromatic carbocycles. The van der Waals surface area contributed by atoms with E-state index in [4.69, 9.17) is 48.9 Å². The summed E-state index contributed by atoms with van der Waals surface area (Å²) in [4.78, 5) is 127. The first kappa shape index (κ1) is 77.1. The molecule has 32 heteroatoms. The van der Waals surface area contributed by atoms with Crippen LogP contribution >= 0.6 is 45.9 Å². The van der Waals surface area contributed by atoms with Gasteiger partial charge in [-0.2, -0.15) is 0 Å². The van der Waals surface area contributed by atoms with Crippen molar-refractivity contribution in [1.29, 1.82) is 0 Å². The van der Waals surface area contributed by atoms with Crippen LogP contribution in [0.2, 0.25) is 0 Å². The summed E-state index contributed by atoms with van der Waals surface area (Å²) in [7, 11) is 2.85. The summed E-state index contributed by atoms with van der Waals surface area (Å²) in [6, 6.07) is 5.41. The Bertz CT molecular complexity index is 3770. The third-order valence-electron chi connectivity index (χ3n) is 18.1. The van der Waals surface area contributed by atoms with Gasteiger partial charge < -0.3 is 97.4 Å². The fraction of sp³-hybridized carbons (Fsp3) is 0.537. The number of aryl methyl sites for hydroxylation is 2. The van der Waals surface area contributed by atoms with E-state index in [1.807, 2.05) is 24.6 Å². The van der Waals surface area contributed by atoms with Gasteiger partial charge in [-0.05, 0) is 122 Å². The molecule has 3 aliphatic heterocycles. The molecule has 5 aromatic rings. The molecule has 0 saturated carbocycles. The van der Waals surface area contributed by atoms with Gasteiger partial charge in [-0.15, -0.1) is 45.9 Å². The Morgan fingerprint density at radius 1 is 0.758 bits per heavy atom. The van der Waals surface area contributed by atoms with Gasteiger partial charge in [0.25, 0.3) is 0 Å². The number of nitrogens with two attached hydrogens (primary N) is 2. The Balaban J connectivity index is 1.06. The third kappa shape index (κ3) is 18.1. The van der Waals surface area contributed by atoms with E-state index in [-0.39, 0.29) is 112 Å². The number of hydrogen-bond acceptors (Lipinski definition) is 19. The molecule has 10 amide bonds. The molecule has 14 N–H and O–H groups in total. The lowest BCUT2D eigenvalue weighted by molar-refractivity contribution is -0.277. The Kier molecular flexibility index (Phi) is 27.0.